The van der Waals surface area contributed by atoms with Gasteiger partial charge in [-0.25, -0.2) is 4.79 Å². The van der Waals surface area contributed by atoms with E-state index in [0.717, 1.165) is 0 Å². The Hall–Kier alpha value is -1.78. The maximum absolute atomic E-state index is 11.0. The molecule has 0 bridgehead atoms. The number of carboxylic acid groups (broad SMARTS) is 1. The number of hydrogen-bond donors (Lipinski definition) is 3. The first-order valence-corrected chi connectivity index (χ1v) is 4.12. The minimum Gasteiger partial charge on any atom is -0.479 e. The maximum Gasteiger partial charge on any atom is 0.333 e. The molecule has 0 radical (unpaired) electrons. The first kappa shape index (κ1) is 10.3. The molecule has 0 aromatic heterocycles. The molecule has 76 valence electrons. The number of nitrogens with two attached hydrogens (primary N) is 1. The monoisotopic (exact) mass is 196 g/mol. The third-order valence-corrected chi connectivity index (χ3v) is 1.95. The summed E-state index contributed by atoms with van der Waals surface area (Å²) < 4.78 is 0. The van der Waals surface area contributed by atoms with Gasteiger partial charge in [-0.05, 0) is 12.2 Å². The smallest absolute Gasteiger partial charge is 0.333 e. The van der Waals surface area contributed by atoms with E-state index in [1.807, 2.05) is 0 Å². The van der Waals surface area contributed by atoms with E-state index in [2.05, 4.69) is 5.32 Å². The van der Waals surface area contributed by atoms with Crippen LogP contribution in [0.25, 0.3) is 0 Å². The molecule has 1 unspecified atom stereocenters. The zero-order chi connectivity index (χ0) is 10.8. The van der Waals surface area contributed by atoms with Gasteiger partial charge in [-0.15, -0.1) is 0 Å². The average molecular weight is 196 g/mol. The van der Waals surface area contributed by atoms with E-state index >= 15 is 0 Å². The molecule has 5 nitrogen and oxygen atoms in total. The largest absolute Gasteiger partial charge is 0.479 e. The summed E-state index contributed by atoms with van der Waals surface area (Å²) in [7, 11) is 0. The molecule has 5 heteroatoms. The van der Waals surface area contributed by atoms with Crippen molar-refractivity contribution in [1.29, 1.82) is 0 Å². The van der Waals surface area contributed by atoms with Crippen LogP contribution in [-0.4, -0.2) is 22.5 Å². The van der Waals surface area contributed by atoms with E-state index in [1.54, 1.807) is 6.08 Å². The molecule has 14 heavy (non-hydrogen) atoms. The molecular weight excluding hydrogens is 184 g/mol. The van der Waals surface area contributed by atoms with E-state index in [-0.39, 0.29) is 6.42 Å². The molecule has 1 aliphatic carbocycles. The van der Waals surface area contributed by atoms with E-state index in [0.29, 0.717) is 5.70 Å². The normalized spacial score (nSPS) is 25.4. The molecule has 1 atom stereocenters. The second-order valence-corrected chi connectivity index (χ2v) is 3.24. The highest BCUT2D eigenvalue weighted by molar-refractivity contribution is 5.88. The third kappa shape index (κ3) is 1.93. The number of allylic oxidation sites excluding steroid dienone is 2. The topological polar surface area (TPSA) is 92.4 Å². The van der Waals surface area contributed by atoms with Gasteiger partial charge in [0.15, 0.2) is 5.54 Å². The number of rotatable bonds is 2. The van der Waals surface area contributed by atoms with E-state index < -0.39 is 17.4 Å². The molecule has 0 heterocycles. The Kier molecular flexibility index (Phi) is 2.60. The Morgan fingerprint density at radius 2 is 2.29 bits per heavy atom. The molecule has 0 saturated carbocycles. The second kappa shape index (κ2) is 3.53. The van der Waals surface area contributed by atoms with Crippen molar-refractivity contribution >= 4 is 11.9 Å². The van der Waals surface area contributed by atoms with Crippen LogP contribution in [0.2, 0.25) is 0 Å². The van der Waals surface area contributed by atoms with Gasteiger partial charge in [-0.1, -0.05) is 6.08 Å². The van der Waals surface area contributed by atoms with Crippen molar-refractivity contribution < 1.29 is 14.7 Å². The minimum atomic E-state index is -1.38. The van der Waals surface area contributed by atoms with Crippen molar-refractivity contribution in [1.82, 2.24) is 5.32 Å². The first-order valence-electron chi connectivity index (χ1n) is 4.12. The van der Waals surface area contributed by atoms with Crippen LogP contribution in [0.1, 0.15) is 13.3 Å². The van der Waals surface area contributed by atoms with Crippen LogP contribution in [0, 0.1) is 0 Å². The van der Waals surface area contributed by atoms with Crippen LogP contribution in [0.15, 0.2) is 23.9 Å². The molecule has 1 aliphatic rings. The van der Waals surface area contributed by atoms with Crippen molar-refractivity contribution in [2.24, 2.45) is 5.73 Å². The Morgan fingerprint density at radius 3 is 2.71 bits per heavy atom. The Labute approximate surface area is 81.3 Å². The highest BCUT2D eigenvalue weighted by Crippen LogP contribution is 2.20. The molecule has 0 aliphatic heterocycles. The van der Waals surface area contributed by atoms with Crippen molar-refractivity contribution in [3.05, 3.63) is 23.9 Å². The zero-order valence-corrected chi connectivity index (χ0v) is 7.78. The van der Waals surface area contributed by atoms with Gasteiger partial charge in [0.25, 0.3) is 0 Å². The van der Waals surface area contributed by atoms with E-state index in [4.69, 9.17) is 10.8 Å². The number of hydrogen-bond acceptors (Lipinski definition) is 3. The van der Waals surface area contributed by atoms with Crippen LogP contribution in [0.4, 0.5) is 0 Å². The van der Waals surface area contributed by atoms with Gasteiger partial charge in [0.1, 0.15) is 0 Å². The molecule has 0 saturated heterocycles. The lowest BCUT2D eigenvalue weighted by atomic mass is 9.89. The molecule has 0 aromatic rings. The van der Waals surface area contributed by atoms with Gasteiger partial charge in [0, 0.05) is 19.0 Å². The SMILES string of the molecule is CC(=O)NC1(C(=O)O)C=CC=C(N)C1. The van der Waals surface area contributed by atoms with Gasteiger partial charge in [-0.3, -0.25) is 4.79 Å². The van der Waals surface area contributed by atoms with Crippen LogP contribution in [0.3, 0.4) is 0 Å². The van der Waals surface area contributed by atoms with Crippen LogP contribution in [-0.2, 0) is 9.59 Å². The third-order valence-electron chi connectivity index (χ3n) is 1.95. The van der Waals surface area contributed by atoms with Gasteiger partial charge in [-0.2, -0.15) is 0 Å². The summed E-state index contributed by atoms with van der Waals surface area (Å²) in [6.45, 7) is 1.27. The quantitative estimate of drug-likeness (QED) is 0.567. The van der Waals surface area contributed by atoms with Crippen LogP contribution in [0.5, 0.6) is 0 Å². The van der Waals surface area contributed by atoms with Gasteiger partial charge >= 0.3 is 5.97 Å². The maximum atomic E-state index is 11.0. The highest BCUT2D eigenvalue weighted by Gasteiger charge is 2.38. The molecule has 0 fully saturated rings. The summed E-state index contributed by atoms with van der Waals surface area (Å²) >= 11 is 0. The Bertz CT molecular complexity index is 329. The number of aliphatic carboxylic acids is 1. The van der Waals surface area contributed by atoms with Crippen molar-refractivity contribution in [2.75, 3.05) is 0 Å². The molecule has 0 spiro atoms. The van der Waals surface area contributed by atoms with Crippen molar-refractivity contribution in [2.45, 2.75) is 18.9 Å². The fourth-order valence-corrected chi connectivity index (χ4v) is 1.38. The summed E-state index contributed by atoms with van der Waals surface area (Å²) in [5.41, 5.74) is 4.57. The number of amides is 1. The Balaban J connectivity index is 2.96. The molecule has 4 N–H and O–H groups in total. The second-order valence-electron chi connectivity index (χ2n) is 3.24. The number of nitrogens with one attached hydrogen (secondary N) is 1. The average Bonchev–Trinajstić information content (AvgIpc) is 2.02. The standard InChI is InChI=1S/C9H12N2O3/c1-6(12)11-9(8(13)14)4-2-3-7(10)5-9/h2-4H,5,10H2,1H3,(H,11,12)(H,13,14). The molecule has 1 rings (SSSR count). The lowest BCUT2D eigenvalue weighted by Crippen LogP contribution is -2.53. The summed E-state index contributed by atoms with van der Waals surface area (Å²) in [5.74, 6) is -1.51. The van der Waals surface area contributed by atoms with Gasteiger partial charge < -0.3 is 16.2 Å². The zero-order valence-electron chi connectivity index (χ0n) is 7.78. The van der Waals surface area contributed by atoms with Gasteiger partial charge in [0.2, 0.25) is 5.91 Å². The van der Waals surface area contributed by atoms with Crippen LogP contribution < -0.4 is 11.1 Å². The first-order chi connectivity index (χ1) is 6.46. The predicted octanol–water partition coefficient (Wildman–Crippen LogP) is -0.252. The molecule has 0 aromatic carbocycles. The molecular formula is C9H12N2O3. The lowest BCUT2D eigenvalue weighted by Gasteiger charge is -2.28. The fraction of sp³-hybridized carbons (Fsp3) is 0.333. The number of carbonyl (C=O) groups excluding carboxylic acids is 1. The fourth-order valence-electron chi connectivity index (χ4n) is 1.38. The molecule has 1 amide bonds. The number of carbonyl (C=O) groups is 2. The lowest BCUT2D eigenvalue weighted by molar-refractivity contribution is -0.145. The Morgan fingerprint density at radius 1 is 1.64 bits per heavy atom. The van der Waals surface area contributed by atoms with E-state index in [9.17, 15) is 9.59 Å². The van der Waals surface area contributed by atoms with Crippen molar-refractivity contribution in [3.63, 3.8) is 0 Å². The van der Waals surface area contributed by atoms with Crippen LogP contribution >= 0.6 is 0 Å². The van der Waals surface area contributed by atoms with Crippen molar-refractivity contribution in [3.8, 4) is 0 Å². The summed E-state index contributed by atoms with van der Waals surface area (Å²) in [4.78, 5) is 21.9. The summed E-state index contributed by atoms with van der Waals surface area (Å²) in [6, 6.07) is 0. The predicted molar refractivity (Wildman–Crippen MR) is 50.2 cm³/mol. The summed E-state index contributed by atoms with van der Waals surface area (Å²) in [6.07, 6.45) is 4.66. The summed E-state index contributed by atoms with van der Waals surface area (Å²) in [5, 5.41) is 11.4. The minimum absolute atomic E-state index is 0.0956. The number of carboxylic acids is 1. The van der Waals surface area contributed by atoms with E-state index in [1.165, 1.54) is 19.1 Å². The highest BCUT2D eigenvalue weighted by atomic mass is 16.4. The van der Waals surface area contributed by atoms with Gasteiger partial charge in [0.05, 0.1) is 0 Å².